The van der Waals surface area contributed by atoms with Gasteiger partial charge < -0.3 is 10.2 Å². The SMILES string of the molecule is Cc1ccc(-c2ccccc2)c(C(=O)N2CC[C@H]3CN[C@H]3C2)c1F. The molecule has 2 fully saturated rings. The number of fused-ring (bicyclic) bond motifs is 1. The largest absolute Gasteiger partial charge is 0.337 e. The lowest BCUT2D eigenvalue weighted by Crippen LogP contribution is -2.62. The third-order valence-electron chi connectivity index (χ3n) is 5.32. The Kier molecular flexibility index (Phi) is 3.85. The van der Waals surface area contributed by atoms with Crippen LogP contribution >= 0.6 is 0 Å². The van der Waals surface area contributed by atoms with Crippen molar-refractivity contribution in [2.24, 2.45) is 5.92 Å². The molecule has 0 aliphatic carbocycles. The van der Waals surface area contributed by atoms with Gasteiger partial charge in [0.15, 0.2) is 0 Å². The van der Waals surface area contributed by atoms with E-state index in [4.69, 9.17) is 0 Å². The first-order valence-corrected chi connectivity index (χ1v) is 8.52. The first-order chi connectivity index (χ1) is 11.6. The van der Waals surface area contributed by atoms with E-state index in [0.29, 0.717) is 36.2 Å². The van der Waals surface area contributed by atoms with Crippen LogP contribution in [0.2, 0.25) is 0 Å². The summed E-state index contributed by atoms with van der Waals surface area (Å²) >= 11 is 0. The molecule has 4 rings (SSSR count). The summed E-state index contributed by atoms with van der Waals surface area (Å²) < 4.78 is 14.9. The first-order valence-electron chi connectivity index (χ1n) is 8.52. The molecule has 1 amide bonds. The van der Waals surface area contributed by atoms with Gasteiger partial charge in [-0.15, -0.1) is 0 Å². The summed E-state index contributed by atoms with van der Waals surface area (Å²) in [6, 6.07) is 13.5. The molecule has 1 N–H and O–H groups in total. The van der Waals surface area contributed by atoms with E-state index in [9.17, 15) is 9.18 Å². The van der Waals surface area contributed by atoms with Crippen LogP contribution in [0.4, 0.5) is 4.39 Å². The zero-order chi connectivity index (χ0) is 16.7. The monoisotopic (exact) mass is 324 g/mol. The Bertz CT molecular complexity index is 775. The molecule has 2 aromatic rings. The van der Waals surface area contributed by atoms with Crippen LogP contribution in [0, 0.1) is 18.7 Å². The number of aryl methyl sites for hydroxylation is 1. The topological polar surface area (TPSA) is 32.3 Å². The maximum absolute atomic E-state index is 14.9. The zero-order valence-electron chi connectivity index (χ0n) is 13.8. The summed E-state index contributed by atoms with van der Waals surface area (Å²) in [4.78, 5) is 14.9. The molecular formula is C20H21FN2O. The number of hydrogen-bond donors (Lipinski definition) is 1. The number of hydrogen-bond acceptors (Lipinski definition) is 2. The van der Waals surface area contributed by atoms with E-state index in [1.54, 1.807) is 17.9 Å². The van der Waals surface area contributed by atoms with Gasteiger partial charge in [-0.1, -0.05) is 42.5 Å². The Morgan fingerprint density at radius 1 is 1.21 bits per heavy atom. The Balaban J connectivity index is 1.73. The maximum atomic E-state index is 14.9. The van der Waals surface area contributed by atoms with E-state index < -0.39 is 5.82 Å². The molecule has 2 aliphatic rings. The van der Waals surface area contributed by atoms with Gasteiger partial charge in [0.2, 0.25) is 0 Å². The van der Waals surface area contributed by atoms with Crippen molar-refractivity contribution in [3.63, 3.8) is 0 Å². The summed E-state index contributed by atoms with van der Waals surface area (Å²) in [7, 11) is 0. The zero-order valence-corrected chi connectivity index (χ0v) is 13.8. The minimum absolute atomic E-state index is 0.192. The molecule has 24 heavy (non-hydrogen) atoms. The van der Waals surface area contributed by atoms with Crippen LogP contribution in [-0.2, 0) is 0 Å². The Morgan fingerprint density at radius 3 is 2.67 bits per heavy atom. The van der Waals surface area contributed by atoms with Crippen LogP contribution in [0.25, 0.3) is 11.1 Å². The van der Waals surface area contributed by atoms with E-state index in [0.717, 1.165) is 18.5 Å². The van der Waals surface area contributed by atoms with Crippen LogP contribution < -0.4 is 5.32 Å². The molecule has 0 saturated carbocycles. The first kappa shape index (κ1) is 15.3. The van der Waals surface area contributed by atoms with Gasteiger partial charge in [0, 0.05) is 19.1 Å². The second-order valence-corrected chi connectivity index (χ2v) is 6.80. The number of halogens is 1. The summed E-state index contributed by atoms with van der Waals surface area (Å²) in [5.41, 5.74) is 2.26. The smallest absolute Gasteiger partial charge is 0.257 e. The number of carbonyl (C=O) groups is 1. The van der Waals surface area contributed by atoms with Crippen molar-refractivity contribution >= 4 is 5.91 Å². The average molecular weight is 324 g/mol. The number of rotatable bonds is 2. The third-order valence-corrected chi connectivity index (χ3v) is 5.32. The molecule has 2 aromatic carbocycles. The van der Waals surface area contributed by atoms with Gasteiger partial charge in [0.1, 0.15) is 5.82 Å². The number of carbonyl (C=O) groups excluding carboxylic acids is 1. The maximum Gasteiger partial charge on any atom is 0.257 e. The molecule has 2 heterocycles. The van der Waals surface area contributed by atoms with Crippen molar-refractivity contribution in [1.29, 1.82) is 0 Å². The van der Waals surface area contributed by atoms with E-state index in [1.165, 1.54) is 0 Å². The Labute approximate surface area is 141 Å². The van der Waals surface area contributed by atoms with E-state index in [-0.39, 0.29) is 11.5 Å². The number of nitrogens with one attached hydrogen (secondary N) is 1. The lowest BCUT2D eigenvalue weighted by Gasteiger charge is -2.46. The van der Waals surface area contributed by atoms with Crippen LogP contribution in [-0.4, -0.2) is 36.5 Å². The van der Waals surface area contributed by atoms with Gasteiger partial charge in [0.25, 0.3) is 5.91 Å². The van der Waals surface area contributed by atoms with Gasteiger partial charge in [-0.25, -0.2) is 4.39 Å². The number of likely N-dealkylation sites (tertiary alicyclic amines) is 1. The van der Waals surface area contributed by atoms with Crippen molar-refractivity contribution in [3.05, 3.63) is 59.4 Å². The van der Waals surface area contributed by atoms with E-state index in [2.05, 4.69) is 5.32 Å². The highest BCUT2D eigenvalue weighted by molar-refractivity contribution is 6.01. The van der Waals surface area contributed by atoms with Gasteiger partial charge in [-0.2, -0.15) is 0 Å². The molecule has 0 unspecified atom stereocenters. The molecule has 124 valence electrons. The molecule has 0 aromatic heterocycles. The fourth-order valence-electron chi connectivity index (χ4n) is 3.71. The number of piperidine rings is 1. The third kappa shape index (κ3) is 2.51. The second-order valence-electron chi connectivity index (χ2n) is 6.80. The van der Waals surface area contributed by atoms with Gasteiger partial charge >= 0.3 is 0 Å². The van der Waals surface area contributed by atoms with Crippen LogP contribution in [0.1, 0.15) is 22.3 Å². The summed E-state index contributed by atoms with van der Waals surface area (Å²) in [6.07, 6.45) is 0.998. The molecule has 2 atom stereocenters. The van der Waals surface area contributed by atoms with E-state index >= 15 is 0 Å². The quantitative estimate of drug-likeness (QED) is 0.920. The fraction of sp³-hybridized carbons (Fsp3) is 0.350. The standard InChI is InChI=1S/C20H21FN2O/c1-13-7-8-16(14-5-3-2-4-6-14)18(19(13)21)20(24)23-10-9-15-11-22-17(15)12-23/h2-8,15,17,22H,9-12H2,1H3/t15-,17-/m0/s1. The second kappa shape index (κ2) is 6.02. The Hall–Kier alpha value is -2.20. The van der Waals surface area contributed by atoms with Crippen molar-refractivity contribution < 1.29 is 9.18 Å². The number of nitrogens with zero attached hydrogens (tertiary/aromatic N) is 1. The lowest BCUT2D eigenvalue weighted by atomic mass is 9.84. The highest BCUT2D eigenvalue weighted by Gasteiger charge is 2.38. The summed E-state index contributed by atoms with van der Waals surface area (Å²) in [5, 5.41) is 3.37. The number of benzene rings is 2. The van der Waals surface area contributed by atoms with Crippen molar-refractivity contribution in [2.75, 3.05) is 19.6 Å². The van der Waals surface area contributed by atoms with Crippen molar-refractivity contribution in [1.82, 2.24) is 10.2 Å². The molecular weight excluding hydrogens is 303 g/mol. The van der Waals surface area contributed by atoms with Gasteiger partial charge in [-0.3, -0.25) is 4.79 Å². The van der Waals surface area contributed by atoms with Crippen LogP contribution in [0.15, 0.2) is 42.5 Å². The number of amides is 1. The molecule has 0 bridgehead atoms. The molecule has 0 spiro atoms. The molecule has 2 saturated heterocycles. The fourth-order valence-corrected chi connectivity index (χ4v) is 3.71. The van der Waals surface area contributed by atoms with Crippen LogP contribution in [0.3, 0.4) is 0 Å². The highest BCUT2D eigenvalue weighted by atomic mass is 19.1. The van der Waals surface area contributed by atoms with Crippen molar-refractivity contribution in [2.45, 2.75) is 19.4 Å². The minimum Gasteiger partial charge on any atom is -0.337 e. The lowest BCUT2D eigenvalue weighted by molar-refractivity contribution is 0.0515. The molecule has 2 aliphatic heterocycles. The van der Waals surface area contributed by atoms with E-state index in [1.807, 2.05) is 36.4 Å². The highest BCUT2D eigenvalue weighted by Crippen LogP contribution is 2.31. The molecule has 3 nitrogen and oxygen atoms in total. The predicted molar refractivity (Wildman–Crippen MR) is 92.4 cm³/mol. The van der Waals surface area contributed by atoms with Gasteiger partial charge in [-0.05, 0) is 42.5 Å². The summed E-state index contributed by atoms with van der Waals surface area (Å²) in [5.74, 6) is 0.0808. The minimum atomic E-state index is -0.398. The summed E-state index contributed by atoms with van der Waals surface area (Å²) in [6.45, 7) is 4.13. The Morgan fingerprint density at radius 2 is 2.00 bits per heavy atom. The molecule has 0 radical (unpaired) electrons. The van der Waals surface area contributed by atoms with Gasteiger partial charge in [0.05, 0.1) is 5.56 Å². The predicted octanol–water partition coefficient (Wildman–Crippen LogP) is 3.24. The van der Waals surface area contributed by atoms with Crippen LogP contribution in [0.5, 0.6) is 0 Å². The average Bonchev–Trinajstić information content (AvgIpc) is 2.58. The molecule has 4 heteroatoms. The normalized spacial score (nSPS) is 22.7. The van der Waals surface area contributed by atoms with Crippen molar-refractivity contribution in [3.8, 4) is 11.1 Å².